The van der Waals surface area contributed by atoms with Crippen LogP contribution in [0.2, 0.25) is 0 Å². The molecule has 0 aromatic carbocycles. The van der Waals surface area contributed by atoms with E-state index in [1.54, 1.807) is 7.11 Å². The molecule has 7 nitrogen and oxygen atoms in total. The molecule has 1 aromatic rings. The predicted octanol–water partition coefficient (Wildman–Crippen LogP) is 1.35. The molecule has 0 aliphatic carbocycles. The Morgan fingerprint density at radius 3 is 2.40 bits per heavy atom. The molecule has 0 radical (unpaired) electrons. The molecule has 1 fully saturated rings. The van der Waals surface area contributed by atoms with Gasteiger partial charge in [0.25, 0.3) is 0 Å². The van der Waals surface area contributed by atoms with Crippen molar-refractivity contribution in [2.24, 2.45) is 0 Å². The summed E-state index contributed by atoms with van der Waals surface area (Å²) in [5.41, 5.74) is 0. The summed E-state index contributed by atoms with van der Waals surface area (Å²) < 4.78 is 5.22. The van der Waals surface area contributed by atoms with Gasteiger partial charge in [-0.15, -0.1) is 0 Å². The molecule has 0 spiro atoms. The molecule has 7 heteroatoms. The van der Waals surface area contributed by atoms with Crippen molar-refractivity contribution in [3.8, 4) is 0 Å². The molecular formula is C13H24N6O. The van der Waals surface area contributed by atoms with E-state index >= 15 is 0 Å². The zero-order valence-electron chi connectivity index (χ0n) is 12.5. The number of ether oxygens (including phenoxy) is 1. The molecule has 0 bridgehead atoms. The Kier molecular flexibility index (Phi) is 5.34. The summed E-state index contributed by atoms with van der Waals surface area (Å²) in [5.74, 6) is 1.97. The van der Waals surface area contributed by atoms with Crippen LogP contribution in [0.25, 0.3) is 0 Å². The molecule has 1 aliphatic heterocycles. The summed E-state index contributed by atoms with van der Waals surface area (Å²) in [6.45, 7) is 7.52. The molecular weight excluding hydrogens is 256 g/mol. The van der Waals surface area contributed by atoms with Crippen LogP contribution in [0.3, 0.4) is 0 Å². The highest BCUT2D eigenvalue weighted by Gasteiger charge is 2.17. The van der Waals surface area contributed by atoms with E-state index in [4.69, 9.17) is 4.74 Å². The van der Waals surface area contributed by atoms with Crippen LogP contribution in [0, 0.1) is 0 Å². The maximum Gasteiger partial charge on any atom is 0.231 e. The summed E-state index contributed by atoms with van der Waals surface area (Å²) in [4.78, 5) is 15.6. The van der Waals surface area contributed by atoms with E-state index in [0.29, 0.717) is 18.4 Å². The van der Waals surface area contributed by atoms with E-state index in [0.717, 1.165) is 25.6 Å². The third-order valence-corrected chi connectivity index (χ3v) is 3.30. The van der Waals surface area contributed by atoms with Gasteiger partial charge in [0, 0.05) is 33.3 Å². The van der Waals surface area contributed by atoms with Crippen molar-refractivity contribution in [1.82, 2.24) is 15.0 Å². The third kappa shape index (κ3) is 3.93. The fourth-order valence-corrected chi connectivity index (χ4v) is 2.06. The highest BCUT2D eigenvalue weighted by molar-refractivity contribution is 5.44. The molecule has 20 heavy (non-hydrogen) atoms. The highest BCUT2D eigenvalue weighted by Crippen LogP contribution is 2.18. The smallest absolute Gasteiger partial charge is 0.231 e. The Morgan fingerprint density at radius 2 is 1.80 bits per heavy atom. The first kappa shape index (κ1) is 14.8. The number of methoxy groups -OCH3 is 1. The molecule has 2 N–H and O–H groups in total. The highest BCUT2D eigenvalue weighted by atomic mass is 16.5. The van der Waals surface area contributed by atoms with Gasteiger partial charge in [-0.25, -0.2) is 0 Å². The Morgan fingerprint density at radius 1 is 1.15 bits per heavy atom. The molecule has 2 heterocycles. The van der Waals surface area contributed by atoms with Crippen LogP contribution < -0.4 is 15.5 Å². The fraction of sp³-hybridized carbons (Fsp3) is 0.769. The maximum atomic E-state index is 5.22. The zero-order chi connectivity index (χ0) is 14.4. The molecule has 2 rings (SSSR count). The van der Waals surface area contributed by atoms with Crippen LogP contribution in [-0.4, -0.2) is 54.3 Å². The minimum absolute atomic E-state index is 0.115. The van der Waals surface area contributed by atoms with Crippen molar-refractivity contribution in [2.75, 3.05) is 48.8 Å². The lowest BCUT2D eigenvalue weighted by molar-refractivity contribution is 0.128. The van der Waals surface area contributed by atoms with E-state index < -0.39 is 0 Å². The average Bonchev–Trinajstić information content (AvgIpc) is 2.99. The molecule has 1 aromatic heterocycles. The number of aromatic nitrogens is 3. The van der Waals surface area contributed by atoms with E-state index in [-0.39, 0.29) is 6.10 Å². The first-order valence-electron chi connectivity index (χ1n) is 7.24. The van der Waals surface area contributed by atoms with Crippen LogP contribution in [-0.2, 0) is 4.74 Å². The molecule has 1 aliphatic rings. The molecule has 1 atom stereocenters. The topological polar surface area (TPSA) is 75.2 Å². The average molecular weight is 280 g/mol. The molecule has 1 saturated heterocycles. The number of hydrogen-bond acceptors (Lipinski definition) is 7. The molecule has 0 saturated carbocycles. The van der Waals surface area contributed by atoms with Gasteiger partial charge < -0.3 is 20.3 Å². The number of rotatable bonds is 7. The van der Waals surface area contributed by atoms with Crippen molar-refractivity contribution in [2.45, 2.75) is 32.8 Å². The summed E-state index contributed by atoms with van der Waals surface area (Å²) in [6, 6.07) is 0. The van der Waals surface area contributed by atoms with Crippen molar-refractivity contribution in [3.63, 3.8) is 0 Å². The summed E-state index contributed by atoms with van der Waals surface area (Å²) in [6.07, 6.45) is 2.52. The van der Waals surface area contributed by atoms with Crippen LogP contribution in [0.15, 0.2) is 0 Å². The minimum atomic E-state index is 0.115. The van der Waals surface area contributed by atoms with E-state index in [1.165, 1.54) is 12.8 Å². The van der Waals surface area contributed by atoms with Crippen LogP contribution in [0.5, 0.6) is 0 Å². The molecule has 112 valence electrons. The number of anilines is 3. The van der Waals surface area contributed by atoms with E-state index in [1.807, 2.05) is 13.8 Å². The van der Waals surface area contributed by atoms with Gasteiger partial charge in [0.15, 0.2) is 0 Å². The van der Waals surface area contributed by atoms with Crippen LogP contribution >= 0.6 is 0 Å². The Labute approximate surface area is 120 Å². The maximum absolute atomic E-state index is 5.22. The quantitative estimate of drug-likeness (QED) is 0.780. The minimum Gasteiger partial charge on any atom is -0.380 e. The summed E-state index contributed by atoms with van der Waals surface area (Å²) in [5, 5.41) is 6.36. The number of hydrogen-bond donors (Lipinski definition) is 2. The van der Waals surface area contributed by atoms with E-state index in [9.17, 15) is 0 Å². The summed E-state index contributed by atoms with van der Waals surface area (Å²) in [7, 11) is 1.69. The normalized spacial score (nSPS) is 16.2. The van der Waals surface area contributed by atoms with Crippen LogP contribution in [0.4, 0.5) is 17.8 Å². The van der Waals surface area contributed by atoms with Gasteiger partial charge in [0.1, 0.15) is 0 Å². The zero-order valence-corrected chi connectivity index (χ0v) is 12.5. The Hall–Kier alpha value is -1.63. The van der Waals surface area contributed by atoms with Gasteiger partial charge in [0.05, 0.1) is 6.10 Å². The standard InChI is InChI=1S/C13H24N6O/c1-4-14-11-16-12(15-9-10(2)20-3)18-13(17-11)19-7-5-6-8-19/h10H,4-9H2,1-3H3,(H2,14,15,16,17,18). The van der Waals surface area contributed by atoms with Crippen molar-refractivity contribution in [3.05, 3.63) is 0 Å². The molecule has 1 unspecified atom stereocenters. The Bertz CT molecular complexity index is 421. The lowest BCUT2D eigenvalue weighted by atomic mass is 10.4. The monoisotopic (exact) mass is 280 g/mol. The number of nitrogens with zero attached hydrogens (tertiary/aromatic N) is 4. The van der Waals surface area contributed by atoms with Gasteiger partial charge >= 0.3 is 0 Å². The predicted molar refractivity (Wildman–Crippen MR) is 80.4 cm³/mol. The first-order chi connectivity index (χ1) is 9.72. The van der Waals surface area contributed by atoms with Gasteiger partial charge in [-0.1, -0.05) is 0 Å². The van der Waals surface area contributed by atoms with Crippen LogP contribution in [0.1, 0.15) is 26.7 Å². The number of nitrogens with one attached hydrogen (secondary N) is 2. The Balaban J connectivity index is 2.12. The summed E-state index contributed by atoms with van der Waals surface area (Å²) >= 11 is 0. The lowest BCUT2D eigenvalue weighted by Gasteiger charge is -2.17. The van der Waals surface area contributed by atoms with Crippen molar-refractivity contribution < 1.29 is 4.74 Å². The lowest BCUT2D eigenvalue weighted by Crippen LogP contribution is -2.24. The van der Waals surface area contributed by atoms with E-state index in [2.05, 4.69) is 30.5 Å². The van der Waals surface area contributed by atoms with Crippen molar-refractivity contribution >= 4 is 17.8 Å². The second kappa shape index (κ2) is 7.23. The second-order valence-electron chi connectivity index (χ2n) is 4.93. The van der Waals surface area contributed by atoms with Crippen molar-refractivity contribution in [1.29, 1.82) is 0 Å². The molecule has 0 amide bonds. The second-order valence-corrected chi connectivity index (χ2v) is 4.93. The van der Waals surface area contributed by atoms with Gasteiger partial charge in [-0.2, -0.15) is 15.0 Å². The first-order valence-corrected chi connectivity index (χ1v) is 7.24. The third-order valence-electron chi connectivity index (χ3n) is 3.30. The van der Waals surface area contributed by atoms with Gasteiger partial charge in [-0.3, -0.25) is 0 Å². The fourth-order valence-electron chi connectivity index (χ4n) is 2.06. The van der Waals surface area contributed by atoms with Gasteiger partial charge in [0.2, 0.25) is 17.8 Å². The SMILES string of the molecule is CCNc1nc(NCC(C)OC)nc(N2CCCC2)n1. The van der Waals surface area contributed by atoms with Gasteiger partial charge in [-0.05, 0) is 26.7 Å². The largest absolute Gasteiger partial charge is 0.380 e.